The Labute approximate surface area is 100 Å². The lowest BCUT2D eigenvalue weighted by Gasteiger charge is -2.24. The number of rotatable bonds is 6. The predicted octanol–water partition coefficient (Wildman–Crippen LogP) is 3.74. The van der Waals surface area contributed by atoms with Crippen molar-refractivity contribution >= 4 is 0 Å². The average Bonchev–Trinajstić information content (AvgIpc) is 2.31. The number of hydrogen-bond acceptors (Lipinski definition) is 1. The summed E-state index contributed by atoms with van der Waals surface area (Å²) in [6.07, 6.45) is 2.32. The molecular weight excluding hydrogens is 194 g/mol. The fourth-order valence-electron chi connectivity index (χ4n) is 2.34. The van der Waals surface area contributed by atoms with Gasteiger partial charge in [-0.25, -0.2) is 0 Å². The topological polar surface area (TPSA) is 12.0 Å². The highest BCUT2D eigenvalue weighted by Gasteiger charge is 2.16. The van der Waals surface area contributed by atoms with Crippen LogP contribution in [-0.2, 0) is 6.42 Å². The van der Waals surface area contributed by atoms with Gasteiger partial charge in [-0.1, -0.05) is 45.0 Å². The molecule has 0 saturated heterocycles. The van der Waals surface area contributed by atoms with E-state index >= 15 is 0 Å². The summed E-state index contributed by atoms with van der Waals surface area (Å²) in [6.45, 7) is 9.97. The van der Waals surface area contributed by atoms with Crippen molar-refractivity contribution in [3.63, 3.8) is 0 Å². The third-order valence-corrected chi connectivity index (χ3v) is 3.39. The van der Waals surface area contributed by atoms with Crippen molar-refractivity contribution in [1.29, 1.82) is 0 Å². The Morgan fingerprint density at radius 3 is 2.12 bits per heavy atom. The third kappa shape index (κ3) is 3.34. The van der Waals surface area contributed by atoms with Gasteiger partial charge in [0.15, 0.2) is 0 Å². The Morgan fingerprint density at radius 2 is 1.69 bits per heavy atom. The van der Waals surface area contributed by atoms with Gasteiger partial charge in [-0.3, -0.25) is 0 Å². The van der Waals surface area contributed by atoms with Crippen LogP contribution in [-0.4, -0.2) is 12.6 Å². The summed E-state index contributed by atoms with van der Waals surface area (Å²) in [7, 11) is 0. The molecule has 0 spiro atoms. The van der Waals surface area contributed by atoms with E-state index in [0.717, 1.165) is 13.0 Å². The summed E-state index contributed by atoms with van der Waals surface area (Å²) in [6, 6.07) is 9.66. The minimum absolute atomic E-state index is 0.558. The zero-order valence-electron chi connectivity index (χ0n) is 11.1. The van der Waals surface area contributed by atoms with Crippen molar-refractivity contribution in [2.24, 2.45) is 0 Å². The van der Waals surface area contributed by atoms with Crippen LogP contribution < -0.4 is 5.32 Å². The molecule has 0 amide bonds. The number of aryl methyl sites for hydroxylation is 1. The highest BCUT2D eigenvalue weighted by atomic mass is 14.9. The van der Waals surface area contributed by atoms with Crippen molar-refractivity contribution in [2.45, 2.75) is 52.5 Å². The molecule has 1 aromatic rings. The second kappa shape index (κ2) is 6.70. The van der Waals surface area contributed by atoms with Crippen LogP contribution in [0.4, 0.5) is 0 Å². The zero-order chi connectivity index (χ0) is 12.0. The molecular formula is C15H25N. The first-order chi connectivity index (χ1) is 7.72. The van der Waals surface area contributed by atoms with Gasteiger partial charge in [-0.05, 0) is 43.4 Å². The van der Waals surface area contributed by atoms with E-state index in [1.165, 1.54) is 17.5 Å². The molecule has 0 bridgehead atoms. The molecule has 16 heavy (non-hydrogen) atoms. The molecule has 1 nitrogen and oxygen atoms in total. The standard InChI is InChI=1S/C15H25N/c1-5-13-8-10-14(11-9-13)15(6-2)12(4)16-7-3/h8-12,15-16H,5-7H2,1-4H3. The second-order valence-corrected chi connectivity index (χ2v) is 4.46. The van der Waals surface area contributed by atoms with Crippen molar-refractivity contribution in [1.82, 2.24) is 5.32 Å². The summed E-state index contributed by atoms with van der Waals surface area (Å²) < 4.78 is 0. The lowest BCUT2D eigenvalue weighted by atomic mass is 9.89. The van der Waals surface area contributed by atoms with E-state index in [0.29, 0.717) is 12.0 Å². The van der Waals surface area contributed by atoms with Crippen LogP contribution in [0.3, 0.4) is 0 Å². The van der Waals surface area contributed by atoms with Gasteiger partial charge in [0.25, 0.3) is 0 Å². The van der Waals surface area contributed by atoms with Crippen LogP contribution in [0.2, 0.25) is 0 Å². The van der Waals surface area contributed by atoms with Crippen LogP contribution in [0.1, 0.15) is 51.2 Å². The second-order valence-electron chi connectivity index (χ2n) is 4.46. The molecule has 2 atom stereocenters. The van der Waals surface area contributed by atoms with Crippen molar-refractivity contribution in [2.75, 3.05) is 6.54 Å². The molecule has 0 radical (unpaired) electrons. The number of likely N-dealkylation sites (N-methyl/N-ethyl adjacent to an activating group) is 1. The van der Waals surface area contributed by atoms with Crippen LogP contribution in [0.15, 0.2) is 24.3 Å². The molecule has 1 rings (SSSR count). The average molecular weight is 219 g/mol. The highest BCUT2D eigenvalue weighted by Crippen LogP contribution is 2.23. The van der Waals surface area contributed by atoms with Crippen LogP contribution in [0.25, 0.3) is 0 Å². The van der Waals surface area contributed by atoms with E-state index in [1.807, 2.05) is 0 Å². The van der Waals surface area contributed by atoms with Crippen LogP contribution in [0.5, 0.6) is 0 Å². The van der Waals surface area contributed by atoms with Crippen LogP contribution in [0, 0.1) is 0 Å². The van der Waals surface area contributed by atoms with Gasteiger partial charge in [-0.15, -0.1) is 0 Å². The Morgan fingerprint density at radius 1 is 1.06 bits per heavy atom. The number of nitrogens with one attached hydrogen (secondary N) is 1. The third-order valence-electron chi connectivity index (χ3n) is 3.39. The monoisotopic (exact) mass is 219 g/mol. The SMILES string of the molecule is CCNC(C)C(CC)c1ccc(CC)cc1. The van der Waals surface area contributed by atoms with E-state index in [2.05, 4.69) is 57.3 Å². The molecule has 1 aromatic carbocycles. The minimum Gasteiger partial charge on any atom is -0.314 e. The lowest BCUT2D eigenvalue weighted by molar-refractivity contribution is 0.460. The summed E-state index contributed by atoms with van der Waals surface area (Å²) >= 11 is 0. The number of hydrogen-bond donors (Lipinski definition) is 1. The molecule has 1 N–H and O–H groups in total. The maximum atomic E-state index is 3.52. The minimum atomic E-state index is 0.558. The van der Waals surface area contributed by atoms with Gasteiger partial charge in [0.05, 0.1) is 0 Å². The molecule has 0 fully saturated rings. The molecule has 0 aliphatic rings. The Hall–Kier alpha value is -0.820. The first-order valence-corrected chi connectivity index (χ1v) is 6.55. The molecule has 0 aromatic heterocycles. The van der Waals surface area contributed by atoms with Gasteiger partial charge < -0.3 is 5.32 Å². The maximum Gasteiger partial charge on any atom is 0.0107 e. The summed E-state index contributed by atoms with van der Waals surface area (Å²) in [5, 5.41) is 3.52. The van der Waals surface area contributed by atoms with E-state index < -0.39 is 0 Å². The quantitative estimate of drug-likeness (QED) is 0.768. The van der Waals surface area contributed by atoms with Gasteiger partial charge >= 0.3 is 0 Å². The fraction of sp³-hybridized carbons (Fsp3) is 0.600. The molecule has 90 valence electrons. The fourth-order valence-corrected chi connectivity index (χ4v) is 2.34. The molecule has 0 aliphatic carbocycles. The maximum absolute atomic E-state index is 3.52. The van der Waals surface area contributed by atoms with E-state index in [-0.39, 0.29) is 0 Å². The van der Waals surface area contributed by atoms with Gasteiger partial charge in [0, 0.05) is 6.04 Å². The molecule has 0 saturated carbocycles. The first-order valence-electron chi connectivity index (χ1n) is 6.55. The summed E-state index contributed by atoms with van der Waals surface area (Å²) in [5.41, 5.74) is 2.89. The smallest absolute Gasteiger partial charge is 0.0107 e. The molecule has 0 heterocycles. The number of benzene rings is 1. The Kier molecular flexibility index (Phi) is 5.54. The predicted molar refractivity (Wildman–Crippen MR) is 72.0 cm³/mol. The molecule has 0 aliphatic heterocycles. The van der Waals surface area contributed by atoms with Crippen molar-refractivity contribution in [3.05, 3.63) is 35.4 Å². The Balaban J connectivity index is 2.78. The largest absolute Gasteiger partial charge is 0.314 e. The van der Waals surface area contributed by atoms with E-state index in [9.17, 15) is 0 Å². The van der Waals surface area contributed by atoms with Crippen molar-refractivity contribution < 1.29 is 0 Å². The van der Waals surface area contributed by atoms with E-state index in [4.69, 9.17) is 0 Å². The summed E-state index contributed by atoms with van der Waals surface area (Å²) in [5.74, 6) is 0.630. The van der Waals surface area contributed by atoms with Gasteiger partial charge in [0.2, 0.25) is 0 Å². The zero-order valence-corrected chi connectivity index (χ0v) is 11.1. The van der Waals surface area contributed by atoms with Crippen molar-refractivity contribution in [3.8, 4) is 0 Å². The molecule has 2 unspecified atom stereocenters. The normalized spacial score (nSPS) is 14.8. The highest BCUT2D eigenvalue weighted by molar-refractivity contribution is 5.26. The first kappa shape index (κ1) is 13.2. The lowest BCUT2D eigenvalue weighted by Crippen LogP contribution is -2.31. The Bertz CT molecular complexity index is 289. The van der Waals surface area contributed by atoms with Gasteiger partial charge in [0.1, 0.15) is 0 Å². The van der Waals surface area contributed by atoms with Crippen LogP contribution >= 0.6 is 0 Å². The summed E-state index contributed by atoms with van der Waals surface area (Å²) in [4.78, 5) is 0. The van der Waals surface area contributed by atoms with E-state index in [1.54, 1.807) is 0 Å². The van der Waals surface area contributed by atoms with Gasteiger partial charge in [-0.2, -0.15) is 0 Å². The molecule has 1 heteroatoms.